The molecule has 9 rings (SSSR count). The van der Waals surface area contributed by atoms with Crippen LogP contribution in [0.4, 0.5) is 0 Å². The molecule has 2 unspecified atom stereocenters. The van der Waals surface area contributed by atoms with Crippen LogP contribution >= 0.6 is 0 Å². The molecule has 0 radical (unpaired) electrons. The summed E-state index contributed by atoms with van der Waals surface area (Å²) in [6, 6.07) is 39.4. The van der Waals surface area contributed by atoms with Crippen molar-refractivity contribution < 1.29 is 0 Å². The number of hydrogen-bond donors (Lipinski definition) is 0. The highest BCUT2D eigenvalue weighted by Gasteiger charge is 2.32. The Morgan fingerprint density at radius 2 is 0.806 bits per heavy atom. The lowest BCUT2D eigenvalue weighted by Gasteiger charge is -2.27. The van der Waals surface area contributed by atoms with E-state index in [0.29, 0.717) is 58.2 Å². The van der Waals surface area contributed by atoms with E-state index in [0.717, 1.165) is 41.6 Å². The summed E-state index contributed by atoms with van der Waals surface area (Å²) in [6.07, 6.45) is 16.3. The second-order valence-corrected chi connectivity index (χ2v) is 33.3. The first kappa shape index (κ1) is 85.7. The molecule has 4 aliphatic rings. The minimum atomic E-state index is 0.0983. The monoisotopic (exact) mass is 1270 g/mol. The summed E-state index contributed by atoms with van der Waals surface area (Å²) in [4.78, 5) is 16.1. The predicted octanol–water partition coefficient (Wildman–Crippen LogP) is 27.9. The molecule has 5 aromatic rings. The molecule has 0 N–H and O–H groups in total. The number of nitrogens with zero attached hydrogens (tertiary/aromatic N) is 2. The molecule has 3 heteroatoms. The van der Waals surface area contributed by atoms with Crippen LogP contribution in [0.25, 0.3) is 0 Å². The van der Waals surface area contributed by atoms with Gasteiger partial charge < -0.3 is 4.57 Å². The number of fused-ring (bicyclic) bond motifs is 2. The summed E-state index contributed by atoms with van der Waals surface area (Å²) in [5, 5.41) is 0. The van der Waals surface area contributed by atoms with Gasteiger partial charge in [-0.15, -0.1) is 0 Å². The average molecular weight is 1270 g/mol. The minimum absolute atomic E-state index is 0.0983. The summed E-state index contributed by atoms with van der Waals surface area (Å²) >= 11 is 0. The van der Waals surface area contributed by atoms with E-state index in [9.17, 15) is 4.79 Å². The minimum Gasteiger partial charge on any atom is -0.313 e. The number of benzene rings is 4. The number of aromatic nitrogens is 1. The first-order chi connectivity index (χ1) is 43.1. The van der Waals surface area contributed by atoms with Crippen molar-refractivity contribution in [3.05, 3.63) is 211 Å². The quantitative estimate of drug-likeness (QED) is 0.137. The van der Waals surface area contributed by atoms with Gasteiger partial charge in [-0.3, -0.25) is 9.79 Å². The van der Waals surface area contributed by atoms with Crippen LogP contribution in [0.3, 0.4) is 0 Å². The predicted molar refractivity (Wildman–Crippen MR) is 420 cm³/mol. The molecule has 2 heterocycles. The third-order valence-corrected chi connectivity index (χ3v) is 17.4. The molecule has 1 aliphatic heterocycles. The molecule has 0 bridgehead atoms. The average Bonchev–Trinajstić information content (AvgIpc) is 1.76. The zero-order valence-electron chi connectivity index (χ0n) is 66.3. The fraction of sp³-hybridized carbons (Fsp3) is 0.600. The third-order valence-electron chi connectivity index (χ3n) is 17.4. The molecule has 2 atom stereocenters. The Hall–Kier alpha value is -5.28. The van der Waals surface area contributed by atoms with Crippen molar-refractivity contribution in [2.45, 2.75) is 308 Å². The summed E-state index contributed by atoms with van der Waals surface area (Å²) < 4.78 is 1.74. The normalized spacial score (nSPS) is 15.4. The largest absolute Gasteiger partial charge is 0.313 e. The second kappa shape index (κ2) is 42.3. The lowest BCUT2D eigenvalue weighted by Crippen LogP contribution is -2.20. The first-order valence-corrected chi connectivity index (χ1v) is 36.9. The van der Waals surface area contributed by atoms with Crippen LogP contribution in [0, 0.1) is 46.3 Å². The van der Waals surface area contributed by atoms with Gasteiger partial charge in [-0.2, -0.15) is 0 Å². The van der Waals surface area contributed by atoms with Crippen LogP contribution in [0.15, 0.2) is 160 Å². The van der Waals surface area contributed by atoms with E-state index in [1.54, 1.807) is 38.5 Å². The molecular weight excluding hydrogens is 1130 g/mol. The van der Waals surface area contributed by atoms with Gasteiger partial charge in [-0.1, -0.05) is 329 Å². The van der Waals surface area contributed by atoms with Gasteiger partial charge in [0.15, 0.2) is 0 Å². The molecule has 0 saturated heterocycles. The molecule has 93 heavy (non-hydrogen) atoms. The van der Waals surface area contributed by atoms with E-state index in [2.05, 4.69) is 328 Å². The van der Waals surface area contributed by atoms with Crippen LogP contribution in [-0.4, -0.2) is 10.3 Å². The number of allylic oxidation sites excluding steroid dienone is 6. The molecule has 0 saturated carbocycles. The molecule has 1 aromatic heterocycles. The third kappa shape index (κ3) is 32.3. The Morgan fingerprint density at radius 1 is 0.409 bits per heavy atom. The molecular formula is C90H144N2O. The molecule has 0 spiro atoms. The number of pyridine rings is 1. The molecule has 3 aliphatic carbocycles. The Morgan fingerprint density at radius 3 is 1.10 bits per heavy atom. The highest BCUT2D eigenvalue weighted by atomic mass is 16.1. The zero-order valence-corrected chi connectivity index (χ0v) is 66.3. The number of rotatable bonds is 10. The molecule has 0 amide bonds. The van der Waals surface area contributed by atoms with Crippen molar-refractivity contribution in [2.75, 3.05) is 0 Å². The van der Waals surface area contributed by atoms with Gasteiger partial charge in [0.2, 0.25) is 0 Å². The van der Waals surface area contributed by atoms with Gasteiger partial charge >= 0.3 is 0 Å². The van der Waals surface area contributed by atoms with Gasteiger partial charge in [0.1, 0.15) is 0 Å². The van der Waals surface area contributed by atoms with Crippen molar-refractivity contribution in [1.29, 1.82) is 0 Å². The van der Waals surface area contributed by atoms with Crippen LogP contribution in [-0.2, 0) is 12.8 Å². The summed E-state index contributed by atoms with van der Waals surface area (Å²) in [6.45, 7) is 71.1. The molecule has 4 aromatic carbocycles. The Labute approximate surface area is 576 Å². The Kier molecular flexibility index (Phi) is 39.0. The Balaban J connectivity index is 0.000000532. The molecule has 520 valence electrons. The SMILES string of the molecule is CC(C)(C)C1CCc2ccccc21.CC(C)(C)C1CCc2ccccc21.CC(C)C.CC(C)C.CC(C)C1=CCC(C(C)C)=C1.CC(C)C1=CCC(C(C)C)=N1.CC(C)c1cccc(C(C)C)c1.CC(C)c1ccccc1C(C)C.CC(C)c1ccn(C(C)C)c(=O)c1. The lowest BCUT2D eigenvalue weighted by atomic mass is 9.77. The maximum absolute atomic E-state index is 11.5. The van der Waals surface area contributed by atoms with Crippen molar-refractivity contribution >= 4 is 5.71 Å². The van der Waals surface area contributed by atoms with Crippen LogP contribution < -0.4 is 5.56 Å². The van der Waals surface area contributed by atoms with Crippen LogP contribution in [0.5, 0.6) is 0 Å². The molecule has 0 fully saturated rings. The van der Waals surface area contributed by atoms with E-state index < -0.39 is 0 Å². The number of aryl methyl sites for hydroxylation is 2. The van der Waals surface area contributed by atoms with E-state index >= 15 is 0 Å². The van der Waals surface area contributed by atoms with Gasteiger partial charge in [0.05, 0.1) is 0 Å². The maximum Gasteiger partial charge on any atom is 0.251 e. The van der Waals surface area contributed by atoms with Gasteiger partial charge in [-0.05, 0) is 195 Å². The highest BCUT2D eigenvalue weighted by molar-refractivity contribution is 5.90. The fourth-order valence-corrected chi connectivity index (χ4v) is 11.6. The van der Waals surface area contributed by atoms with Crippen molar-refractivity contribution in [3.63, 3.8) is 0 Å². The smallest absolute Gasteiger partial charge is 0.251 e. The Bertz CT molecular complexity index is 2890. The summed E-state index contributed by atoms with van der Waals surface area (Å²) in [7, 11) is 0. The van der Waals surface area contributed by atoms with Crippen molar-refractivity contribution in [1.82, 2.24) is 4.57 Å². The van der Waals surface area contributed by atoms with Gasteiger partial charge in [-0.25, -0.2) is 0 Å². The van der Waals surface area contributed by atoms with Crippen molar-refractivity contribution in [3.8, 4) is 0 Å². The standard InChI is InChI=1S/2C13H18.2C12H18.C11H17NO.C11H18.C10H17N.2C4H10/c2*1-13(2,3)12-9-8-10-6-4-5-7-11(10)12;1-9(2)11-6-5-7-12(8-11)10(3)4;1-9(2)11-7-5-6-8-12(11)10(3)4;1-8(2)10-5-6-12(9(3)4)11(13)7-10;1-8(2)10-5-6-11(7-10)9(3)4;1-7(2)9-5-6-10(11-9)8(3)4;2*1-4(2)3/h2*4-7,12H,8-9H2,1-3H3;2*5-10H,1-4H3;5-9H,1-4H3;5,7-9H,6H2,1-4H3;5,7-8H,6H2,1-4H3;2*4H,1-3H3. The van der Waals surface area contributed by atoms with Crippen molar-refractivity contribution in [2.24, 2.45) is 51.3 Å². The number of aliphatic imine (C=N–C) groups is 1. The zero-order chi connectivity index (χ0) is 71.2. The molecule has 3 nitrogen and oxygen atoms in total. The fourth-order valence-electron chi connectivity index (χ4n) is 11.6. The van der Waals surface area contributed by atoms with E-state index in [-0.39, 0.29) is 11.6 Å². The van der Waals surface area contributed by atoms with Gasteiger partial charge in [0, 0.05) is 36.1 Å². The summed E-state index contributed by atoms with van der Waals surface area (Å²) in [5.41, 5.74) is 20.0. The topological polar surface area (TPSA) is 34.4 Å². The second-order valence-electron chi connectivity index (χ2n) is 33.3. The van der Waals surface area contributed by atoms with Crippen LogP contribution in [0.2, 0.25) is 0 Å². The van der Waals surface area contributed by atoms with Gasteiger partial charge in [0.25, 0.3) is 5.56 Å². The van der Waals surface area contributed by atoms with E-state index in [4.69, 9.17) is 0 Å². The first-order valence-electron chi connectivity index (χ1n) is 36.9. The van der Waals surface area contributed by atoms with Crippen LogP contribution in [0.1, 0.15) is 345 Å². The van der Waals surface area contributed by atoms with E-state index in [1.165, 1.54) is 71.3 Å². The maximum atomic E-state index is 11.5. The van der Waals surface area contributed by atoms with E-state index in [1.807, 2.05) is 26.1 Å². The summed E-state index contributed by atoms with van der Waals surface area (Å²) in [5.74, 6) is 8.82. The lowest BCUT2D eigenvalue weighted by molar-refractivity contribution is 0.319. The number of hydrogen-bond acceptors (Lipinski definition) is 2. The highest BCUT2D eigenvalue weighted by Crippen LogP contribution is 2.45.